The fourth-order valence-electron chi connectivity index (χ4n) is 1.57. The van der Waals surface area contributed by atoms with Gasteiger partial charge in [-0.05, 0) is 6.54 Å². The molecular weight excluding hydrogens is 178 g/mol. The Kier molecular flexibility index (Phi) is 2.49. The van der Waals surface area contributed by atoms with Crippen LogP contribution in [0.15, 0.2) is 12.5 Å². The third kappa shape index (κ3) is 1.77. The van der Waals surface area contributed by atoms with Gasteiger partial charge in [0.15, 0.2) is 5.82 Å². The molecule has 0 saturated carbocycles. The molecule has 0 bridgehead atoms. The van der Waals surface area contributed by atoms with Crippen molar-refractivity contribution >= 4 is 11.5 Å². The molecule has 0 amide bonds. The summed E-state index contributed by atoms with van der Waals surface area (Å²) in [5.41, 5.74) is 6.33. The number of anilines is 2. The number of nitrogen functional groups attached to an aromatic ring is 1. The first-order valence-corrected chi connectivity index (χ1v) is 4.84. The maximum absolute atomic E-state index is 5.71. The number of hydrogen-bond donors (Lipinski definition) is 2. The number of aromatic nitrogens is 2. The van der Waals surface area contributed by atoms with Crippen molar-refractivity contribution in [2.24, 2.45) is 0 Å². The van der Waals surface area contributed by atoms with Crippen LogP contribution in [-0.2, 0) is 0 Å². The molecule has 1 aromatic heterocycles. The van der Waals surface area contributed by atoms with Crippen molar-refractivity contribution in [1.82, 2.24) is 14.9 Å². The Morgan fingerprint density at radius 3 is 3.07 bits per heavy atom. The fraction of sp³-hybridized carbons (Fsp3) is 0.556. The van der Waals surface area contributed by atoms with Gasteiger partial charge in [0.2, 0.25) is 0 Å². The molecule has 0 unspecified atom stereocenters. The molecule has 1 aliphatic heterocycles. The second-order valence-electron chi connectivity index (χ2n) is 3.52. The molecule has 5 heteroatoms. The minimum atomic E-state index is 0.479. The summed E-state index contributed by atoms with van der Waals surface area (Å²) in [7, 11) is 0. The van der Waals surface area contributed by atoms with Crippen LogP contribution in [0.1, 0.15) is 6.92 Å². The normalized spacial score (nSPS) is 17.8. The van der Waals surface area contributed by atoms with Crippen molar-refractivity contribution in [2.75, 3.05) is 30.7 Å². The largest absolute Gasteiger partial charge is 0.394 e. The second kappa shape index (κ2) is 3.79. The molecule has 5 nitrogen and oxygen atoms in total. The smallest absolute Gasteiger partial charge is 0.152 e. The highest BCUT2D eigenvalue weighted by Gasteiger charge is 2.25. The van der Waals surface area contributed by atoms with Crippen LogP contribution in [0, 0.1) is 0 Å². The number of nitrogens with one attached hydrogen (secondary N) is 1. The lowest BCUT2D eigenvalue weighted by molar-refractivity contribution is 0.171. The van der Waals surface area contributed by atoms with Crippen molar-refractivity contribution in [3.63, 3.8) is 0 Å². The summed E-state index contributed by atoms with van der Waals surface area (Å²) in [6, 6.07) is 0.479. The van der Waals surface area contributed by atoms with E-state index in [1.165, 1.54) is 6.33 Å². The summed E-state index contributed by atoms with van der Waals surface area (Å²) < 4.78 is 0. The average molecular weight is 193 g/mol. The lowest BCUT2D eigenvalue weighted by Crippen LogP contribution is -2.54. The van der Waals surface area contributed by atoms with Crippen LogP contribution in [0.3, 0.4) is 0 Å². The predicted molar refractivity (Wildman–Crippen MR) is 56.0 cm³/mol. The third-order valence-corrected chi connectivity index (χ3v) is 2.49. The van der Waals surface area contributed by atoms with E-state index in [0.717, 1.165) is 25.5 Å². The van der Waals surface area contributed by atoms with E-state index < -0.39 is 0 Å². The highest BCUT2D eigenvalue weighted by atomic mass is 15.3. The first-order valence-electron chi connectivity index (χ1n) is 4.84. The van der Waals surface area contributed by atoms with Crippen molar-refractivity contribution in [3.05, 3.63) is 12.5 Å². The molecule has 0 spiro atoms. The molecule has 0 aromatic carbocycles. The zero-order valence-electron chi connectivity index (χ0n) is 8.27. The molecule has 1 fully saturated rings. The quantitative estimate of drug-likeness (QED) is 0.716. The standard InChI is InChI=1S/C9H15N5/c1-2-14-4-7(5-14)13-9-8(10)3-11-6-12-9/h3,6-7H,2,4-5,10H2,1H3,(H,11,12,13). The van der Waals surface area contributed by atoms with Crippen molar-refractivity contribution in [2.45, 2.75) is 13.0 Å². The van der Waals surface area contributed by atoms with Gasteiger partial charge in [0.25, 0.3) is 0 Å². The summed E-state index contributed by atoms with van der Waals surface area (Å²) in [5, 5.41) is 3.29. The van der Waals surface area contributed by atoms with Crippen molar-refractivity contribution in [3.8, 4) is 0 Å². The average Bonchev–Trinajstić information content (AvgIpc) is 2.13. The van der Waals surface area contributed by atoms with E-state index in [2.05, 4.69) is 27.1 Å². The first kappa shape index (κ1) is 9.21. The number of likely N-dealkylation sites (N-methyl/N-ethyl adjacent to an activating group) is 1. The van der Waals surface area contributed by atoms with Gasteiger partial charge >= 0.3 is 0 Å². The Morgan fingerprint density at radius 1 is 1.64 bits per heavy atom. The zero-order chi connectivity index (χ0) is 9.97. The summed E-state index contributed by atoms with van der Waals surface area (Å²) >= 11 is 0. The zero-order valence-corrected chi connectivity index (χ0v) is 8.27. The fourth-order valence-corrected chi connectivity index (χ4v) is 1.57. The minimum Gasteiger partial charge on any atom is -0.394 e. The van der Waals surface area contributed by atoms with Crippen LogP contribution in [0.4, 0.5) is 11.5 Å². The van der Waals surface area contributed by atoms with E-state index in [-0.39, 0.29) is 0 Å². The molecule has 0 atom stereocenters. The molecule has 14 heavy (non-hydrogen) atoms. The van der Waals surface area contributed by atoms with Crippen molar-refractivity contribution in [1.29, 1.82) is 0 Å². The molecule has 1 aromatic rings. The van der Waals surface area contributed by atoms with Gasteiger partial charge in [-0.15, -0.1) is 0 Å². The van der Waals surface area contributed by atoms with Gasteiger partial charge in [0.1, 0.15) is 6.33 Å². The van der Waals surface area contributed by atoms with Crippen LogP contribution in [-0.4, -0.2) is 40.5 Å². The van der Waals surface area contributed by atoms with E-state index in [1.54, 1.807) is 6.20 Å². The monoisotopic (exact) mass is 193 g/mol. The lowest BCUT2D eigenvalue weighted by Gasteiger charge is -2.39. The van der Waals surface area contributed by atoms with Crippen LogP contribution in [0.25, 0.3) is 0 Å². The van der Waals surface area contributed by atoms with Crippen molar-refractivity contribution < 1.29 is 0 Å². The van der Waals surface area contributed by atoms with E-state index in [4.69, 9.17) is 5.73 Å². The van der Waals surface area contributed by atoms with Crippen LogP contribution in [0.2, 0.25) is 0 Å². The molecule has 2 heterocycles. The second-order valence-corrected chi connectivity index (χ2v) is 3.52. The Hall–Kier alpha value is -1.36. The van der Waals surface area contributed by atoms with E-state index in [0.29, 0.717) is 11.7 Å². The van der Waals surface area contributed by atoms with Gasteiger partial charge in [-0.1, -0.05) is 6.92 Å². The molecular formula is C9H15N5. The Balaban J connectivity index is 1.90. The molecule has 1 aliphatic rings. The maximum atomic E-state index is 5.71. The maximum Gasteiger partial charge on any atom is 0.152 e. The van der Waals surface area contributed by atoms with Gasteiger partial charge in [-0.3, -0.25) is 4.90 Å². The SMILES string of the molecule is CCN1CC(Nc2ncncc2N)C1. The van der Waals surface area contributed by atoms with Crippen LogP contribution in [0.5, 0.6) is 0 Å². The van der Waals surface area contributed by atoms with E-state index >= 15 is 0 Å². The van der Waals surface area contributed by atoms with Gasteiger partial charge in [-0.25, -0.2) is 9.97 Å². The Bertz CT molecular complexity index is 308. The predicted octanol–water partition coefficient (Wildman–Crippen LogP) is 0.175. The Morgan fingerprint density at radius 2 is 2.43 bits per heavy atom. The molecule has 3 N–H and O–H groups in total. The highest BCUT2D eigenvalue weighted by molar-refractivity contribution is 5.59. The van der Waals surface area contributed by atoms with Gasteiger partial charge in [0.05, 0.1) is 17.9 Å². The molecule has 76 valence electrons. The summed E-state index contributed by atoms with van der Waals surface area (Å²) in [6.45, 7) is 5.41. The topological polar surface area (TPSA) is 67.1 Å². The molecule has 2 rings (SSSR count). The van der Waals surface area contributed by atoms with Gasteiger partial charge in [-0.2, -0.15) is 0 Å². The number of nitrogens with two attached hydrogens (primary N) is 1. The summed E-state index contributed by atoms with van der Waals surface area (Å²) in [5.74, 6) is 0.751. The number of rotatable bonds is 3. The van der Waals surface area contributed by atoms with Gasteiger partial charge < -0.3 is 11.1 Å². The Labute approximate surface area is 83.3 Å². The number of likely N-dealkylation sites (tertiary alicyclic amines) is 1. The molecule has 0 radical (unpaired) electrons. The lowest BCUT2D eigenvalue weighted by atomic mass is 10.1. The number of nitrogens with zero attached hydrogens (tertiary/aromatic N) is 3. The molecule has 0 aliphatic carbocycles. The number of hydrogen-bond acceptors (Lipinski definition) is 5. The van der Waals surface area contributed by atoms with Crippen LogP contribution >= 0.6 is 0 Å². The first-order chi connectivity index (χ1) is 6.79. The summed E-state index contributed by atoms with van der Waals surface area (Å²) in [4.78, 5) is 10.3. The molecule has 1 saturated heterocycles. The van der Waals surface area contributed by atoms with E-state index in [9.17, 15) is 0 Å². The van der Waals surface area contributed by atoms with Crippen LogP contribution < -0.4 is 11.1 Å². The third-order valence-electron chi connectivity index (χ3n) is 2.49. The van der Waals surface area contributed by atoms with Gasteiger partial charge in [0, 0.05) is 13.1 Å². The summed E-state index contributed by atoms with van der Waals surface area (Å²) in [6.07, 6.45) is 3.13. The highest BCUT2D eigenvalue weighted by Crippen LogP contribution is 2.17. The van der Waals surface area contributed by atoms with E-state index in [1.807, 2.05) is 0 Å². The minimum absolute atomic E-state index is 0.479.